The Morgan fingerprint density at radius 1 is 1.20 bits per heavy atom. The number of fused-ring (bicyclic) bond motifs is 1. The number of carbonyl (C=O) groups is 2. The van der Waals surface area contributed by atoms with Gasteiger partial charge in [-0.1, -0.05) is 30.2 Å². The summed E-state index contributed by atoms with van der Waals surface area (Å²) >= 11 is 7.51. The third kappa shape index (κ3) is 4.41. The molecule has 2 aromatic rings. The van der Waals surface area contributed by atoms with Gasteiger partial charge in [0.2, 0.25) is 0 Å². The molecule has 0 bridgehead atoms. The van der Waals surface area contributed by atoms with Crippen molar-refractivity contribution in [1.29, 1.82) is 0 Å². The van der Waals surface area contributed by atoms with Gasteiger partial charge in [0.15, 0.2) is 6.10 Å². The Kier molecular flexibility index (Phi) is 5.76. The quantitative estimate of drug-likeness (QED) is 0.611. The van der Waals surface area contributed by atoms with Crippen LogP contribution in [-0.2, 0) is 22.4 Å². The van der Waals surface area contributed by atoms with E-state index in [0.717, 1.165) is 19.3 Å². The Morgan fingerprint density at radius 2 is 1.96 bits per heavy atom. The molecule has 3 rings (SSSR count). The molecule has 1 N–H and O–H groups in total. The highest BCUT2D eigenvalue weighted by atomic mass is 35.5. The average Bonchev–Trinajstić information content (AvgIpc) is 2.88. The van der Waals surface area contributed by atoms with Gasteiger partial charge in [0, 0.05) is 4.88 Å². The Labute approximate surface area is 156 Å². The molecule has 1 aliphatic rings. The van der Waals surface area contributed by atoms with Gasteiger partial charge < -0.3 is 10.1 Å². The zero-order chi connectivity index (χ0) is 17.8. The lowest BCUT2D eigenvalue weighted by atomic mass is 10.1. The van der Waals surface area contributed by atoms with E-state index in [0.29, 0.717) is 15.6 Å². The maximum Gasteiger partial charge on any atom is 0.349 e. The van der Waals surface area contributed by atoms with Crippen LogP contribution in [0.15, 0.2) is 30.3 Å². The van der Waals surface area contributed by atoms with E-state index >= 15 is 0 Å². The molecule has 0 aliphatic heterocycles. The Balaban J connectivity index is 1.62. The number of aryl methyl sites for hydroxylation is 2. The molecule has 0 saturated carbocycles. The highest BCUT2D eigenvalue weighted by Crippen LogP contribution is 2.29. The SMILES string of the molecule is C[C@@H](OC(=O)c1cc2c(s1)CCCCC2)C(=O)Nc1ccccc1Cl. The lowest BCUT2D eigenvalue weighted by molar-refractivity contribution is -0.123. The molecule has 0 fully saturated rings. The van der Waals surface area contributed by atoms with Crippen LogP contribution in [0.5, 0.6) is 0 Å². The number of benzene rings is 1. The highest BCUT2D eigenvalue weighted by molar-refractivity contribution is 7.14. The van der Waals surface area contributed by atoms with Gasteiger partial charge in [-0.15, -0.1) is 11.3 Å². The number of rotatable bonds is 4. The number of hydrogen-bond acceptors (Lipinski definition) is 4. The number of amides is 1. The number of hydrogen-bond donors (Lipinski definition) is 1. The van der Waals surface area contributed by atoms with Gasteiger partial charge in [0.05, 0.1) is 10.7 Å². The fourth-order valence-electron chi connectivity index (χ4n) is 2.84. The van der Waals surface area contributed by atoms with Crippen LogP contribution in [0.25, 0.3) is 0 Å². The van der Waals surface area contributed by atoms with E-state index in [1.807, 2.05) is 6.07 Å². The van der Waals surface area contributed by atoms with Crippen molar-refractivity contribution in [3.63, 3.8) is 0 Å². The van der Waals surface area contributed by atoms with Crippen molar-refractivity contribution in [3.05, 3.63) is 50.7 Å². The van der Waals surface area contributed by atoms with Gasteiger partial charge >= 0.3 is 5.97 Å². The Hall–Kier alpha value is -1.85. The molecule has 1 aliphatic carbocycles. The van der Waals surface area contributed by atoms with Crippen molar-refractivity contribution in [1.82, 2.24) is 0 Å². The van der Waals surface area contributed by atoms with Crippen LogP contribution in [0.3, 0.4) is 0 Å². The van der Waals surface area contributed by atoms with Gasteiger partial charge in [-0.05, 0) is 56.4 Å². The normalized spacial score (nSPS) is 15.0. The number of para-hydroxylation sites is 1. The first-order chi connectivity index (χ1) is 12.0. The summed E-state index contributed by atoms with van der Waals surface area (Å²) in [6.07, 6.45) is 4.71. The van der Waals surface area contributed by atoms with Crippen molar-refractivity contribution in [3.8, 4) is 0 Å². The number of esters is 1. The van der Waals surface area contributed by atoms with Crippen molar-refractivity contribution >= 4 is 40.5 Å². The number of nitrogens with one attached hydrogen (secondary N) is 1. The molecule has 0 unspecified atom stereocenters. The molecule has 1 amide bonds. The number of halogens is 1. The Morgan fingerprint density at radius 3 is 2.76 bits per heavy atom. The second-order valence-corrected chi connectivity index (χ2v) is 7.68. The smallest absolute Gasteiger partial charge is 0.349 e. The van der Waals surface area contributed by atoms with Crippen molar-refractivity contribution in [2.75, 3.05) is 5.32 Å². The molecule has 0 radical (unpaired) electrons. The van der Waals surface area contributed by atoms with E-state index in [9.17, 15) is 9.59 Å². The molecule has 132 valence electrons. The fourth-order valence-corrected chi connectivity index (χ4v) is 4.16. The van der Waals surface area contributed by atoms with Gasteiger partial charge in [0.25, 0.3) is 5.91 Å². The molecular formula is C19H20ClNO3S. The Bertz CT molecular complexity index is 763. The van der Waals surface area contributed by atoms with Gasteiger partial charge in [-0.2, -0.15) is 0 Å². The first-order valence-corrected chi connectivity index (χ1v) is 9.62. The van der Waals surface area contributed by atoms with Crippen molar-refractivity contribution in [2.45, 2.75) is 45.1 Å². The molecule has 1 heterocycles. The first kappa shape index (κ1) is 18.0. The van der Waals surface area contributed by atoms with Crippen LogP contribution in [0, 0.1) is 0 Å². The maximum absolute atomic E-state index is 12.4. The van der Waals surface area contributed by atoms with E-state index in [1.165, 1.54) is 34.6 Å². The van der Waals surface area contributed by atoms with Crippen molar-refractivity contribution < 1.29 is 14.3 Å². The van der Waals surface area contributed by atoms with Crippen LogP contribution >= 0.6 is 22.9 Å². The minimum atomic E-state index is -0.898. The van der Waals surface area contributed by atoms with Gasteiger partial charge in [0.1, 0.15) is 4.88 Å². The zero-order valence-electron chi connectivity index (χ0n) is 14.0. The summed E-state index contributed by atoms with van der Waals surface area (Å²) in [6.45, 7) is 1.56. The topological polar surface area (TPSA) is 55.4 Å². The summed E-state index contributed by atoms with van der Waals surface area (Å²) < 4.78 is 5.34. The van der Waals surface area contributed by atoms with E-state index in [1.54, 1.807) is 31.2 Å². The minimum absolute atomic E-state index is 0.403. The molecule has 1 atom stereocenters. The van der Waals surface area contributed by atoms with Crippen LogP contribution in [0.2, 0.25) is 5.02 Å². The van der Waals surface area contributed by atoms with E-state index in [2.05, 4.69) is 5.32 Å². The minimum Gasteiger partial charge on any atom is -0.448 e. The molecule has 0 spiro atoms. The third-order valence-electron chi connectivity index (χ3n) is 4.23. The highest BCUT2D eigenvalue weighted by Gasteiger charge is 2.22. The van der Waals surface area contributed by atoms with Crippen LogP contribution in [0.4, 0.5) is 5.69 Å². The largest absolute Gasteiger partial charge is 0.448 e. The third-order valence-corrected chi connectivity index (χ3v) is 5.78. The van der Waals surface area contributed by atoms with Gasteiger partial charge in [-0.25, -0.2) is 4.79 Å². The zero-order valence-corrected chi connectivity index (χ0v) is 15.6. The second-order valence-electron chi connectivity index (χ2n) is 6.14. The lowest BCUT2D eigenvalue weighted by Crippen LogP contribution is -2.29. The molecule has 6 heteroatoms. The van der Waals surface area contributed by atoms with Crippen molar-refractivity contribution in [2.24, 2.45) is 0 Å². The number of ether oxygens (including phenoxy) is 1. The summed E-state index contributed by atoms with van der Waals surface area (Å²) in [5.74, 6) is -0.848. The summed E-state index contributed by atoms with van der Waals surface area (Å²) in [5.41, 5.74) is 1.75. The molecule has 1 aromatic carbocycles. The fraction of sp³-hybridized carbons (Fsp3) is 0.368. The summed E-state index contributed by atoms with van der Waals surface area (Å²) in [6, 6.07) is 8.86. The number of carbonyl (C=O) groups excluding carboxylic acids is 2. The predicted molar refractivity (Wildman–Crippen MR) is 101 cm³/mol. The van der Waals surface area contributed by atoms with Crippen LogP contribution in [0.1, 0.15) is 46.3 Å². The summed E-state index contributed by atoms with van der Waals surface area (Å²) in [5, 5.41) is 3.12. The number of anilines is 1. The second kappa shape index (κ2) is 8.02. The van der Waals surface area contributed by atoms with Crippen LogP contribution < -0.4 is 5.32 Å². The summed E-state index contributed by atoms with van der Waals surface area (Å²) in [4.78, 5) is 26.4. The maximum atomic E-state index is 12.4. The molecule has 25 heavy (non-hydrogen) atoms. The van der Waals surface area contributed by atoms with E-state index in [4.69, 9.17) is 16.3 Å². The molecule has 1 aromatic heterocycles. The van der Waals surface area contributed by atoms with E-state index < -0.39 is 18.0 Å². The average molecular weight is 378 g/mol. The summed E-state index contributed by atoms with van der Waals surface area (Å²) in [7, 11) is 0. The molecule has 0 saturated heterocycles. The number of thiophene rings is 1. The standard InChI is InChI=1S/C19H20ClNO3S/c1-12(18(22)21-15-9-6-5-8-14(15)20)24-19(23)17-11-13-7-3-2-4-10-16(13)25-17/h5-6,8-9,11-12H,2-4,7,10H2,1H3,(H,21,22)/t12-/m1/s1. The molecule has 4 nitrogen and oxygen atoms in total. The first-order valence-electron chi connectivity index (χ1n) is 8.42. The lowest BCUT2D eigenvalue weighted by Gasteiger charge is -2.13. The van der Waals surface area contributed by atoms with E-state index in [-0.39, 0.29) is 0 Å². The van der Waals surface area contributed by atoms with Gasteiger partial charge in [-0.3, -0.25) is 4.79 Å². The monoisotopic (exact) mass is 377 g/mol. The molecular weight excluding hydrogens is 358 g/mol. The predicted octanol–water partition coefficient (Wildman–Crippen LogP) is 4.85. The van der Waals surface area contributed by atoms with Crippen LogP contribution in [-0.4, -0.2) is 18.0 Å².